The van der Waals surface area contributed by atoms with Crippen LogP contribution in [0.15, 0.2) is 46.2 Å². The average Bonchev–Trinajstić information content (AvgIpc) is 3.25. The Labute approximate surface area is 150 Å². The normalized spacial score (nSPS) is 10.6. The van der Waals surface area contributed by atoms with Crippen LogP contribution in [0.5, 0.6) is 5.75 Å². The number of aryl methyl sites for hydroxylation is 1. The van der Waals surface area contributed by atoms with Gasteiger partial charge in [0.15, 0.2) is 0 Å². The minimum Gasteiger partial charge on any atom is -0.497 e. The highest BCUT2D eigenvalue weighted by molar-refractivity contribution is 7.09. The topological polar surface area (TPSA) is 64.4 Å². The van der Waals surface area contributed by atoms with Gasteiger partial charge in [0.25, 0.3) is 0 Å². The third-order valence-corrected chi connectivity index (χ3v) is 4.77. The van der Waals surface area contributed by atoms with Gasteiger partial charge in [0.2, 0.25) is 11.8 Å². The van der Waals surface area contributed by atoms with E-state index in [1.807, 2.05) is 42.6 Å². The summed E-state index contributed by atoms with van der Waals surface area (Å²) in [4.78, 5) is 17.8. The highest BCUT2D eigenvalue weighted by Gasteiger charge is 2.14. The standard InChI is InChI=1S/C19H20N2O3S/c1-13-17(12-18(22)20-10-9-16-4-3-11-25-16)21-19(24-13)14-5-7-15(23-2)8-6-14/h3-8,11H,9-10,12H2,1-2H3,(H,20,22). The number of benzene rings is 1. The number of ether oxygens (including phenoxy) is 1. The van der Waals surface area contributed by atoms with Crippen molar-refractivity contribution in [2.45, 2.75) is 19.8 Å². The maximum absolute atomic E-state index is 12.1. The molecule has 0 aliphatic rings. The molecule has 2 heterocycles. The molecule has 0 radical (unpaired) electrons. The summed E-state index contributed by atoms with van der Waals surface area (Å²) in [5.74, 6) is 1.91. The molecule has 1 amide bonds. The molecule has 6 heteroatoms. The number of rotatable bonds is 7. The van der Waals surface area contributed by atoms with Gasteiger partial charge in [0, 0.05) is 17.0 Å². The summed E-state index contributed by atoms with van der Waals surface area (Å²) in [5.41, 5.74) is 1.52. The summed E-state index contributed by atoms with van der Waals surface area (Å²) < 4.78 is 10.9. The van der Waals surface area contributed by atoms with E-state index in [0.717, 1.165) is 17.7 Å². The van der Waals surface area contributed by atoms with Gasteiger partial charge in [-0.15, -0.1) is 11.3 Å². The number of aromatic nitrogens is 1. The van der Waals surface area contributed by atoms with Crippen LogP contribution in [0.25, 0.3) is 11.5 Å². The Morgan fingerprint density at radius 2 is 2.08 bits per heavy atom. The molecule has 0 aliphatic carbocycles. The van der Waals surface area contributed by atoms with Crippen LogP contribution in [-0.2, 0) is 17.6 Å². The summed E-state index contributed by atoms with van der Waals surface area (Å²) >= 11 is 1.70. The van der Waals surface area contributed by atoms with Gasteiger partial charge in [0.05, 0.1) is 19.2 Å². The van der Waals surface area contributed by atoms with Crippen LogP contribution in [0.1, 0.15) is 16.3 Å². The van der Waals surface area contributed by atoms with Crippen molar-refractivity contribution < 1.29 is 13.9 Å². The fourth-order valence-electron chi connectivity index (χ4n) is 2.44. The van der Waals surface area contributed by atoms with Gasteiger partial charge in [-0.3, -0.25) is 4.79 Å². The summed E-state index contributed by atoms with van der Waals surface area (Å²) in [6.07, 6.45) is 1.06. The van der Waals surface area contributed by atoms with Crippen LogP contribution < -0.4 is 10.1 Å². The number of hydrogen-bond acceptors (Lipinski definition) is 5. The lowest BCUT2D eigenvalue weighted by Crippen LogP contribution is -2.27. The first-order chi connectivity index (χ1) is 12.2. The minimum absolute atomic E-state index is 0.0470. The highest BCUT2D eigenvalue weighted by Crippen LogP contribution is 2.24. The van der Waals surface area contributed by atoms with E-state index in [0.29, 0.717) is 23.9 Å². The number of amides is 1. The van der Waals surface area contributed by atoms with E-state index in [1.165, 1.54) is 4.88 Å². The van der Waals surface area contributed by atoms with Crippen molar-refractivity contribution in [3.63, 3.8) is 0 Å². The first kappa shape index (κ1) is 17.2. The Morgan fingerprint density at radius 3 is 2.76 bits per heavy atom. The number of oxazole rings is 1. The molecule has 0 aliphatic heterocycles. The summed E-state index contributed by atoms with van der Waals surface area (Å²) in [6, 6.07) is 11.6. The van der Waals surface area contributed by atoms with Gasteiger partial charge in [0.1, 0.15) is 11.5 Å². The van der Waals surface area contributed by atoms with Crippen LogP contribution in [0, 0.1) is 6.92 Å². The Morgan fingerprint density at radius 1 is 1.28 bits per heavy atom. The van der Waals surface area contributed by atoms with Gasteiger partial charge < -0.3 is 14.5 Å². The second-order valence-electron chi connectivity index (χ2n) is 5.61. The second-order valence-corrected chi connectivity index (χ2v) is 6.64. The van der Waals surface area contributed by atoms with Crippen molar-refractivity contribution in [1.29, 1.82) is 0 Å². The Bertz CT molecular complexity index is 823. The lowest BCUT2D eigenvalue weighted by atomic mass is 10.2. The molecule has 3 rings (SSSR count). The van der Waals surface area contributed by atoms with Crippen LogP contribution >= 0.6 is 11.3 Å². The summed E-state index contributed by atoms with van der Waals surface area (Å²) in [5, 5.41) is 4.97. The number of carbonyl (C=O) groups is 1. The molecule has 130 valence electrons. The molecule has 0 unspecified atom stereocenters. The molecule has 25 heavy (non-hydrogen) atoms. The molecule has 0 saturated heterocycles. The van der Waals surface area contributed by atoms with Gasteiger partial charge >= 0.3 is 0 Å². The largest absolute Gasteiger partial charge is 0.497 e. The first-order valence-electron chi connectivity index (χ1n) is 8.05. The number of nitrogens with one attached hydrogen (secondary N) is 1. The minimum atomic E-state index is -0.0470. The Kier molecular flexibility index (Phi) is 5.50. The predicted octanol–water partition coefficient (Wildman–Crippen LogP) is 3.62. The lowest BCUT2D eigenvalue weighted by molar-refractivity contribution is -0.120. The van der Waals surface area contributed by atoms with Crippen molar-refractivity contribution in [2.75, 3.05) is 13.7 Å². The Balaban J connectivity index is 1.58. The number of methoxy groups -OCH3 is 1. The quantitative estimate of drug-likeness (QED) is 0.702. The fourth-order valence-corrected chi connectivity index (χ4v) is 3.15. The predicted molar refractivity (Wildman–Crippen MR) is 98.0 cm³/mol. The van der Waals surface area contributed by atoms with E-state index < -0.39 is 0 Å². The van der Waals surface area contributed by atoms with Crippen molar-refractivity contribution in [3.05, 3.63) is 58.1 Å². The van der Waals surface area contributed by atoms with Crippen molar-refractivity contribution in [1.82, 2.24) is 10.3 Å². The molecule has 1 N–H and O–H groups in total. The maximum atomic E-state index is 12.1. The number of carbonyl (C=O) groups excluding carboxylic acids is 1. The highest BCUT2D eigenvalue weighted by atomic mass is 32.1. The zero-order chi connectivity index (χ0) is 17.6. The molecule has 5 nitrogen and oxygen atoms in total. The van der Waals surface area contributed by atoms with Gasteiger partial charge in [-0.25, -0.2) is 4.98 Å². The average molecular weight is 356 g/mol. The smallest absolute Gasteiger partial charge is 0.226 e. The molecule has 0 fully saturated rings. The molecule has 3 aromatic rings. The van der Waals surface area contributed by atoms with E-state index in [-0.39, 0.29) is 12.3 Å². The molecule has 0 saturated carbocycles. The van der Waals surface area contributed by atoms with E-state index in [2.05, 4.69) is 16.4 Å². The van der Waals surface area contributed by atoms with E-state index in [1.54, 1.807) is 18.4 Å². The van der Waals surface area contributed by atoms with E-state index in [9.17, 15) is 4.79 Å². The molecule has 0 bridgehead atoms. The maximum Gasteiger partial charge on any atom is 0.226 e. The number of hydrogen-bond donors (Lipinski definition) is 1. The third-order valence-electron chi connectivity index (χ3n) is 3.83. The van der Waals surface area contributed by atoms with Crippen LogP contribution in [0.2, 0.25) is 0 Å². The number of nitrogens with zero attached hydrogens (tertiary/aromatic N) is 1. The summed E-state index contributed by atoms with van der Waals surface area (Å²) in [6.45, 7) is 2.45. The zero-order valence-corrected chi connectivity index (χ0v) is 15.1. The third kappa shape index (κ3) is 4.48. The monoisotopic (exact) mass is 356 g/mol. The first-order valence-corrected chi connectivity index (χ1v) is 8.93. The molecular weight excluding hydrogens is 336 g/mol. The molecule has 2 aromatic heterocycles. The zero-order valence-electron chi connectivity index (χ0n) is 14.2. The van der Waals surface area contributed by atoms with Crippen molar-refractivity contribution >= 4 is 17.2 Å². The van der Waals surface area contributed by atoms with Gasteiger partial charge in [-0.05, 0) is 49.1 Å². The summed E-state index contributed by atoms with van der Waals surface area (Å²) in [7, 11) is 1.62. The molecular formula is C19H20N2O3S. The molecule has 0 spiro atoms. The second kappa shape index (κ2) is 7.98. The van der Waals surface area contributed by atoms with Gasteiger partial charge in [-0.2, -0.15) is 0 Å². The Hall–Kier alpha value is -2.60. The van der Waals surface area contributed by atoms with E-state index in [4.69, 9.17) is 9.15 Å². The van der Waals surface area contributed by atoms with Crippen molar-refractivity contribution in [3.8, 4) is 17.2 Å². The molecule has 1 aromatic carbocycles. The van der Waals surface area contributed by atoms with Crippen LogP contribution in [-0.4, -0.2) is 24.5 Å². The number of thiophene rings is 1. The van der Waals surface area contributed by atoms with Crippen LogP contribution in [0.4, 0.5) is 0 Å². The van der Waals surface area contributed by atoms with Gasteiger partial charge in [-0.1, -0.05) is 6.07 Å². The lowest BCUT2D eigenvalue weighted by Gasteiger charge is -2.02. The molecule has 0 atom stereocenters. The SMILES string of the molecule is COc1ccc(-c2nc(CC(=O)NCCc3cccs3)c(C)o2)cc1. The fraction of sp³-hybridized carbons (Fsp3) is 0.263. The van der Waals surface area contributed by atoms with Crippen LogP contribution in [0.3, 0.4) is 0 Å². The van der Waals surface area contributed by atoms with E-state index >= 15 is 0 Å². The van der Waals surface area contributed by atoms with Crippen molar-refractivity contribution in [2.24, 2.45) is 0 Å².